The maximum Gasteiger partial charge on any atom is 0.347 e. The van der Waals surface area contributed by atoms with Gasteiger partial charge in [0.15, 0.2) is 0 Å². The van der Waals surface area contributed by atoms with Gasteiger partial charge in [-0.3, -0.25) is 4.79 Å². The Bertz CT molecular complexity index is 345. The molecule has 0 bridgehead atoms. The zero-order valence-electron chi connectivity index (χ0n) is 7.14. The first-order valence-corrected chi connectivity index (χ1v) is 4.21. The molecule has 1 amide bonds. The molecule has 0 saturated heterocycles. The topological polar surface area (TPSA) is 70.5 Å². The van der Waals surface area contributed by atoms with E-state index in [1.807, 2.05) is 0 Å². The van der Waals surface area contributed by atoms with Crippen LogP contribution in [-0.2, 0) is 0 Å². The number of hydrogen-bond acceptors (Lipinski definition) is 4. The van der Waals surface area contributed by atoms with Crippen LogP contribution in [0.25, 0.3) is 0 Å². The Morgan fingerprint density at radius 3 is 2.54 bits per heavy atom. The van der Waals surface area contributed by atoms with Crippen molar-refractivity contribution in [3.05, 3.63) is 16.6 Å². The molecule has 13 heavy (non-hydrogen) atoms. The van der Waals surface area contributed by atoms with Crippen LogP contribution in [0, 0.1) is 0 Å². The molecule has 1 heterocycles. The summed E-state index contributed by atoms with van der Waals surface area (Å²) < 4.78 is 3.73. The molecule has 0 radical (unpaired) electrons. The molecule has 0 atom stereocenters. The number of carboxylic acid groups (broad SMARTS) is 1. The highest BCUT2D eigenvalue weighted by atomic mass is 32.1. The van der Waals surface area contributed by atoms with E-state index in [9.17, 15) is 9.59 Å². The molecule has 1 rings (SSSR count). The lowest BCUT2D eigenvalue weighted by molar-refractivity contribution is 0.0702. The molecule has 1 N–H and O–H groups in total. The lowest BCUT2D eigenvalue weighted by Gasteiger charge is -2.06. The van der Waals surface area contributed by atoms with Gasteiger partial charge in [0.1, 0.15) is 10.6 Å². The fraction of sp³-hybridized carbons (Fsp3) is 0.286. The quantitative estimate of drug-likeness (QED) is 0.756. The normalized spacial score (nSPS) is 9.69. The van der Waals surface area contributed by atoms with E-state index in [0.29, 0.717) is 0 Å². The van der Waals surface area contributed by atoms with E-state index in [1.165, 1.54) is 11.0 Å². The Kier molecular flexibility index (Phi) is 2.62. The van der Waals surface area contributed by atoms with Gasteiger partial charge in [-0.2, -0.15) is 4.37 Å². The number of carbonyl (C=O) groups is 2. The second kappa shape index (κ2) is 3.53. The van der Waals surface area contributed by atoms with Gasteiger partial charge in [0.25, 0.3) is 5.91 Å². The summed E-state index contributed by atoms with van der Waals surface area (Å²) in [6.07, 6.45) is 0. The molecule has 0 fully saturated rings. The molecule has 0 aliphatic rings. The van der Waals surface area contributed by atoms with Crippen molar-refractivity contribution in [1.82, 2.24) is 9.27 Å². The van der Waals surface area contributed by atoms with Crippen LogP contribution in [0.15, 0.2) is 6.07 Å². The first-order valence-electron chi connectivity index (χ1n) is 3.44. The van der Waals surface area contributed by atoms with Gasteiger partial charge in [-0.25, -0.2) is 4.79 Å². The van der Waals surface area contributed by atoms with Crippen molar-refractivity contribution in [2.75, 3.05) is 14.1 Å². The average Bonchev–Trinajstić information content (AvgIpc) is 2.50. The number of aromatic carboxylic acids is 1. The Labute approximate surface area is 78.8 Å². The highest BCUT2D eigenvalue weighted by Gasteiger charge is 2.15. The van der Waals surface area contributed by atoms with Crippen LogP contribution >= 0.6 is 11.5 Å². The van der Waals surface area contributed by atoms with Crippen molar-refractivity contribution < 1.29 is 14.7 Å². The minimum Gasteiger partial charge on any atom is -0.477 e. The van der Waals surface area contributed by atoms with E-state index in [1.54, 1.807) is 14.1 Å². The SMILES string of the molecule is CN(C)C(=O)c1cc(C(=O)O)sn1. The zero-order valence-corrected chi connectivity index (χ0v) is 7.96. The number of aromatic nitrogens is 1. The van der Waals surface area contributed by atoms with Crippen LogP contribution in [0.2, 0.25) is 0 Å². The van der Waals surface area contributed by atoms with Crippen LogP contribution in [0.4, 0.5) is 0 Å². The van der Waals surface area contributed by atoms with Crippen molar-refractivity contribution in [1.29, 1.82) is 0 Å². The van der Waals surface area contributed by atoms with Crippen LogP contribution < -0.4 is 0 Å². The smallest absolute Gasteiger partial charge is 0.347 e. The van der Waals surface area contributed by atoms with E-state index >= 15 is 0 Å². The summed E-state index contributed by atoms with van der Waals surface area (Å²) in [5.74, 6) is -1.35. The van der Waals surface area contributed by atoms with Gasteiger partial charge in [-0.15, -0.1) is 0 Å². The lowest BCUT2D eigenvalue weighted by Crippen LogP contribution is -2.21. The summed E-state index contributed by atoms with van der Waals surface area (Å²) in [4.78, 5) is 23.1. The molecule has 0 saturated carbocycles. The Morgan fingerprint density at radius 2 is 2.15 bits per heavy atom. The average molecular weight is 200 g/mol. The van der Waals surface area contributed by atoms with Crippen molar-refractivity contribution in [3.8, 4) is 0 Å². The van der Waals surface area contributed by atoms with Crippen molar-refractivity contribution >= 4 is 23.4 Å². The van der Waals surface area contributed by atoms with E-state index in [-0.39, 0.29) is 16.5 Å². The van der Waals surface area contributed by atoms with E-state index in [0.717, 1.165) is 11.5 Å². The van der Waals surface area contributed by atoms with Gasteiger partial charge in [-0.05, 0) is 17.6 Å². The Balaban J connectivity index is 2.92. The highest BCUT2D eigenvalue weighted by Crippen LogP contribution is 2.10. The summed E-state index contributed by atoms with van der Waals surface area (Å²) in [5.41, 5.74) is 0.174. The number of carboxylic acids is 1. The molecular weight excluding hydrogens is 192 g/mol. The van der Waals surface area contributed by atoms with E-state index in [4.69, 9.17) is 5.11 Å². The Hall–Kier alpha value is -1.43. The molecule has 6 heteroatoms. The third-order valence-electron chi connectivity index (χ3n) is 1.35. The number of hydrogen-bond donors (Lipinski definition) is 1. The largest absolute Gasteiger partial charge is 0.477 e. The summed E-state index contributed by atoms with van der Waals surface area (Å²) in [6.45, 7) is 0. The summed E-state index contributed by atoms with van der Waals surface area (Å²) >= 11 is 0.806. The maximum atomic E-state index is 11.3. The minimum atomic E-state index is -1.06. The number of nitrogens with zero attached hydrogens (tertiary/aromatic N) is 2. The molecule has 0 unspecified atom stereocenters. The summed E-state index contributed by atoms with van der Waals surface area (Å²) in [6, 6.07) is 1.27. The van der Waals surface area contributed by atoms with Gasteiger partial charge in [0.2, 0.25) is 0 Å². The fourth-order valence-corrected chi connectivity index (χ4v) is 1.28. The standard InChI is InChI=1S/C7H8N2O3S/c1-9(2)6(10)4-3-5(7(11)12)13-8-4/h3H,1-2H3,(H,11,12). The van der Waals surface area contributed by atoms with Crippen molar-refractivity contribution in [3.63, 3.8) is 0 Å². The Morgan fingerprint density at radius 1 is 1.54 bits per heavy atom. The molecule has 70 valence electrons. The molecule has 0 aliphatic carbocycles. The van der Waals surface area contributed by atoms with Crippen molar-refractivity contribution in [2.45, 2.75) is 0 Å². The molecule has 1 aromatic heterocycles. The molecular formula is C7H8N2O3S. The van der Waals surface area contributed by atoms with Gasteiger partial charge < -0.3 is 10.0 Å². The van der Waals surface area contributed by atoms with E-state index < -0.39 is 5.97 Å². The third-order valence-corrected chi connectivity index (χ3v) is 2.12. The molecule has 1 aromatic rings. The summed E-state index contributed by atoms with van der Waals surface area (Å²) in [5, 5.41) is 8.56. The lowest BCUT2D eigenvalue weighted by atomic mass is 10.3. The monoisotopic (exact) mass is 200 g/mol. The molecule has 0 aliphatic heterocycles. The van der Waals surface area contributed by atoms with Gasteiger partial charge >= 0.3 is 5.97 Å². The fourth-order valence-electron chi connectivity index (χ4n) is 0.706. The number of carbonyl (C=O) groups excluding carboxylic acids is 1. The highest BCUT2D eigenvalue weighted by molar-refractivity contribution is 7.08. The number of amides is 1. The second-order valence-electron chi connectivity index (χ2n) is 2.58. The second-order valence-corrected chi connectivity index (χ2v) is 3.39. The van der Waals surface area contributed by atoms with E-state index in [2.05, 4.69) is 4.37 Å². The predicted molar refractivity (Wildman–Crippen MR) is 47.1 cm³/mol. The van der Waals surface area contributed by atoms with Crippen LogP contribution in [0.1, 0.15) is 20.2 Å². The number of rotatable bonds is 2. The maximum absolute atomic E-state index is 11.3. The van der Waals surface area contributed by atoms with Crippen LogP contribution in [0.5, 0.6) is 0 Å². The summed E-state index contributed by atoms with van der Waals surface area (Å²) in [7, 11) is 3.17. The molecule has 0 spiro atoms. The van der Waals surface area contributed by atoms with Crippen LogP contribution in [-0.4, -0.2) is 40.4 Å². The molecule has 0 aromatic carbocycles. The van der Waals surface area contributed by atoms with Gasteiger partial charge in [0.05, 0.1) is 0 Å². The first-order chi connectivity index (χ1) is 6.02. The molecule has 5 nitrogen and oxygen atoms in total. The predicted octanol–water partition coefficient (Wildman–Crippen LogP) is 0.543. The first kappa shape index (κ1) is 9.66. The van der Waals surface area contributed by atoms with Gasteiger partial charge in [-0.1, -0.05) is 0 Å². The van der Waals surface area contributed by atoms with Crippen LogP contribution in [0.3, 0.4) is 0 Å². The van der Waals surface area contributed by atoms with Gasteiger partial charge in [0, 0.05) is 14.1 Å². The minimum absolute atomic E-state index is 0.0743. The zero-order chi connectivity index (χ0) is 10.0. The third kappa shape index (κ3) is 2.03. The van der Waals surface area contributed by atoms with Crippen molar-refractivity contribution in [2.24, 2.45) is 0 Å².